The zero-order valence-electron chi connectivity index (χ0n) is 9.83. The molecule has 0 fully saturated rings. The zero-order valence-corrected chi connectivity index (χ0v) is 10.6. The first-order valence-electron chi connectivity index (χ1n) is 5.58. The smallest absolute Gasteiger partial charge is 0.311 e. The van der Waals surface area contributed by atoms with E-state index in [0.29, 0.717) is 24.2 Å². The van der Waals surface area contributed by atoms with Crippen LogP contribution in [0.25, 0.3) is 0 Å². The van der Waals surface area contributed by atoms with Crippen LogP contribution < -0.4 is 4.74 Å². The first-order chi connectivity index (χ1) is 8.61. The van der Waals surface area contributed by atoms with Crippen molar-refractivity contribution in [1.29, 1.82) is 0 Å². The summed E-state index contributed by atoms with van der Waals surface area (Å²) in [5, 5.41) is 8.57. The molecule has 0 saturated carbocycles. The number of hydrogen-bond donors (Lipinski definition) is 1. The normalized spacial score (nSPS) is 12.1. The minimum Gasteiger partial charge on any atom is -0.772 e. The summed E-state index contributed by atoms with van der Waals surface area (Å²) in [5.41, 5.74) is 0.642. The van der Waals surface area contributed by atoms with Gasteiger partial charge in [0.25, 0.3) is 0 Å². The Labute approximate surface area is 108 Å². The number of esters is 1. The standard InChI is InChI=1S/C12H16O5S/c13-8-2-1-3-12(14)17-11-6-4-10(5-7-11)9-18(15)16/h4-7,13H,1-3,8-9H2,(H,15,16)/p-1. The highest BCUT2D eigenvalue weighted by Crippen LogP contribution is 2.14. The quantitative estimate of drug-likeness (QED) is 0.348. The molecule has 1 aromatic rings. The maximum Gasteiger partial charge on any atom is 0.311 e. The minimum atomic E-state index is -2.12. The van der Waals surface area contributed by atoms with E-state index >= 15 is 0 Å². The highest BCUT2D eigenvalue weighted by Gasteiger charge is 2.04. The van der Waals surface area contributed by atoms with E-state index in [-0.39, 0.29) is 24.7 Å². The fourth-order valence-electron chi connectivity index (χ4n) is 1.35. The second kappa shape index (κ2) is 7.97. The van der Waals surface area contributed by atoms with Crippen molar-refractivity contribution < 1.29 is 23.4 Å². The van der Waals surface area contributed by atoms with Gasteiger partial charge >= 0.3 is 5.97 Å². The van der Waals surface area contributed by atoms with Crippen molar-refractivity contribution in [2.75, 3.05) is 6.61 Å². The highest BCUT2D eigenvalue weighted by atomic mass is 32.2. The summed E-state index contributed by atoms with van der Waals surface area (Å²) in [4.78, 5) is 11.3. The molecule has 1 N–H and O–H groups in total. The van der Waals surface area contributed by atoms with Crippen molar-refractivity contribution in [3.8, 4) is 5.75 Å². The Morgan fingerprint density at radius 2 is 1.94 bits per heavy atom. The molecule has 0 amide bonds. The third-order valence-electron chi connectivity index (χ3n) is 2.23. The molecular weight excluding hydrogens is 256 g/mol. The van der Waals surface area contributed by atoms with E-state index in [2.05, 4.69) is 0 Å². The number of carbonyl (C=O) groups excluding carboxylic acids is 1. The first kappa shape index (κ1) is 14.8. The first-order valence-corrected chi connectivity index (χ1v) is 6.82. The summed E-state index contributed by atoms with van der Waals surface area (Å²) in [7, 11) is 0. The SMILES string of the molecule is O=C(CCCCO)Oc1ccc(CS(=O)[O-])cc1. The summed E-state index contributed by atoms with van der Waals surface area (Å²) in [5.74, 6) is -0.0157. The van der Waals surface area contributed by atoms with Gasteiger partial charge in [-0.25, -0.2) is 0 Å². The lowest BCUT2D eigenvalue weighted by atomic mass is 10.2. The van der Waals surface area contributed by atoms with E-state index in [1.165, 1.54) is 0 Å². The molecule has 0 radical (unpaired) electrons. The Morgan fingerprint density at radius 1 is 1.28 bits per heavy atom. The van der Waals surface area contributed by atoms with Gasteiger partial charge in [-0.1, -0.05) is 23.2 Å². The predicted octanol–water partition coefficient (Wildman–Crippen LogP) is 1.13. The van der Waals surface area contributed by atoms with Gasteiger partial charge in [0, 0.05) is 18.8 Å². The Kier molecular flexibility index (Phi) is 6.56. The molecule has 0 bridgehead atoms. The van der Waals surface area contributed by atoms with Gasteiger partial charge in [-0.3, -0.25) is 9.00 Å². The van der Waals surface area contributed by atoms with E-state index in [4.69, 9.17) is 9.84 Å². The Morgan fingerprint density at radius 3 is 2.50 bits per heavy atom. The third-order valence-corrected chi connectivity index (χ3v) is 2.80. The molecule has 6 heteroatoms. The molecule has 0 spiro atoms. The highest BCUT2D eigenvalue weighted by molar-refractivity contribution is 7.78. The number of benzene rings is 1. The third kappa shape index (κ3) is 5.90. The van der Waals surface area contributed by atoms with Crippen molar-refractivity contribution in [1.82, 2.24) is 0 Å². The van der Waals surface area contributed by atoms with Crippen LogP contribution in [0.5, 0.6) is 5.75 Å². The minimum absolute atomic E-state index is 0.0509. The van der Waals surface area contributed by atoms with E-state index in [1.54, 1.807) is 24.3 Å². The fourth-order valence-corrected chi connectivity index (χ4v) is 1.82. The van der Waals surface area contributed by atoms with Crippen molar-refractivity contribution >= 4 is 17.0 Å². The lowest BCUT2D eigenvalue weighted by Crippen LogP contribution is -2.07. The average molecular weight is 271 g/mol. The van der Waals surface area contributed by atoms with Crippen LogP contribution in [-0.4, -0.2) is 26.4 Å². The number of hydrogen-bond acceptors (Lipinski definition) is 5. The zero-order chi connectivity index (χ0) is 13.4. The van der Waals surface area contributed by atoms with E-state index in [9.17, 15) is 13.6 Å². The Balaban J connectivity index is 2.43. The number of unbranched alkanes of at least 4 members (excludes halogenated alkanes) is 1. The molecule has 0 aromatic heterocycles. The van der Waals surface area contributed by atoms with Gasteiger partial charge in [0.1, 0.15) is 5.75 Å². The van der Waals surface area contributed by atoms with Crippen molar-refractivity contribution in [3.63, 3.8) is 0 Å². The number of carbonyl (C=O) groups is 1. The van der Waals surface area contributed by atoms with Crippen LogP contribution in [0.4, 0.5) is 0 Å². The number of rotatable bonds is 7. The van der Waals surface area contributed by atoms with Crippen LogP contribution in [0.2, 0.25) is 0 Å². The molecule has 100 valence electrons. The van der Waals surface area contributed by atoms with Gasteiger partial charge in [-0.15, -0.1) is 0 Å². The predicted molar refractivity (Wildman–Crippen MR) is 65.6 cm³/mol. The van der Waals surface area contributed by atoms with Gasteiger partial charge in [0.05, 0.1) is 0 Å². The van der Waals surface area contributed by atoms with Gasteiger partial charge in [0.15, 0.2) is 0 Å². The number of aliphatic hydroxyl groups is 1. The molecule has 1 atom stereocenters. The summed E-state index contributed by atoms with van der Waals surface area (Å²) >= 11 is -2.12. The Hall–Kier alpha value is -1.24. The molecular formula is C12H15O5S-. The molecule has 18 heavy (non-hydrogen) atoms. The van der Waals surface area contributed by atoms with E-state index in [0.717, 1.165) is 0 Å². The molecule has 0 aliphatic carbocycles. The van der Waals surface area contributed by atoms with E-state index in [1.807, 2.05) is 0 Å². The largest absolute Gasteiger partial charge is 0.772 e. The van der Waals surface area contributed by atoms with E-state index < -0.39 is 11.1 Å². The lowest BCUT2D eigenvalue weighted by Gasteiger charge is -2.07. The topological polar surface area (TPSA) is 86.7 Å². The number of aliphatic hydroxyl groups excluding tert-OH is 1. The van der Waals surface area contributed by atoms with Gasteiger partial charge in [0.2, 0.25) is 0 Å². The maximum atomic E-state index is 11.3. The monoisotopic (exact) mass is 271 g/mol. The molecule has 0 aliphatic rings. The van der Waals surface area contributed by atoms with Crippen molar-refractivity contribution in [2.45, 2.75) is 25.0 Å². The summed E-state index contributed by atoms with van der Waals surface area (Å²) in [6, 6.07) is 6.33. The van der Waals surface area contributed by atoms with Crippen LogP contribution in [0.3, 0.4) is 0 Å². The van der Waals surface area contributed by atoms with Gasteiger partial charge in [-0.05, 0) is 30.5 Å². The van der Waals surface area contributed by atoms with Crippen LogP contribution in [0.1, 0.15) is 24.8 Å². The summed E-state index contributed by atoms with van der Waals surface area (Å²) < 4.78 is 26.0. The molecule has 0 saturated heterocycles. The lowest BCUT2D eigenvalue weighted by molar-refractivity contribution is -0.134. The molecule has 0 heterocycles. The molecule has 1 unspecified atom stereocenters. The van der Waals surface area contributed by atoms with Crippen molar-refractivity contribution in [3.05, 3.63) is 29.8 Å². The molecule has 0 aliphatic heterocycles. The van der Waals surface area contributed by atoms with Gasteiger partial charge < -0.3 is 14.4 Å². The van der Waals surface area contributed by atoms with Crippen LogP contribution in [0, 0.1) is 0 Å². The summed E-state index contributed by atoms with van der Waals surface area (Å²) in [6.45, 7) is 0.0638. The molecule has 1 rings (SSSR count). The number of ether oxygens (including phenoxy) is 1. The van der Waals surface area contributed by atoms with Crippen LogP contribution in [0.15, 0.2) is 24.3 Å². The van der Waals surface area contributed by atoms with Crippen molar-refractivity contribution in [2.24, 2.45) is 0 Å². The Bertz CT molecular complexity index is 401. The molecule has 5 nitrogen and oxygen atoms in total. The average Bonchev–Trinajstić information content (AvgIpc) is 2.31. The second-order valence-corrected chi connectivity index (χ2v) is 4.64. The fraction of sp³-hybridized carbons (Fsp3) is 0.417. The molecule has 1 aromatic carbocycles. The van der Waals surface area contributed by atoms with Crippen LogP contribution >= 0.6 is 0 Å². The summed E-state index contributed by atoms with van der Waals surface area (Å²) in [6.07, 6.45) is 1.42. The second-order valence-electron chi connectivity index (χ2n) is 3.75. The van der Waals surface area contributed by atoms with Crippen LogP contribution in [-0.2, 0) is 21.6 Å². The maximum absolute atomic E-state index is 11.3. The van der Waals surface area contributed by atoms with Gasteiger partial charge in [-0.2, -0.15) is 0 Å².